The summed E-state index contributed by atoms with van der Waals surface area (Å²) in [6, 6.07) is 16.4. The van der Waals surface area contributed by atoms with Crippen molar-refractivity contribution in [3.63, 3.8) is 0 Å². The molecule has 206 valence electrons. The molecule has 2 saturated heterocycles. The summed E-state index contributed by atoms with van der Waals surface area (Å²) in [5, 5.41) is 8.53. The highest BCUT2D eigenvalue weighted by Crippen LogP contribution is 2.31. The van der Waals surface area contributed by atoms with Gasteiger partial charge in [-0.2, -0.15) is 0 Å². The minimum Gasteiger partial charge on any atom is -0.380 e. The Morgan fingerprint density at radius 2 is 1.92 bits per heavy atom. The highest BCUT2D eigenvalue weighted by molar-refractivity contribution is 7.14. The van der Waals surface area contributed by atoms with Crippen molar-refractivity contribution in [1.29, 1.82) is 0 Å². The number of anilines is 2. The molecule has 1 unspecified atom stereocenters. The molecule has 3 aromatic rings. The number of rotatable bonds is 10. The molecule has 0 bridgehead atoms. The van der Waals surface area contributed by atoms with Gasteiger partial charge in [-0.15, -0.1) is 11.3 Å². The van der Waals surface area contributed by atoms with Gasteiger partial charge >= 0.3 is 0 Å². The first kappa shape index (κ1) is 27.3. The number of ether oxygens (including phenoxy) is 1. The van der Waals surface area contributed by atoms with Gasteiger partial charge in [-0.25, -0.2) is 4.98 Å². The number of carbonyl (C=O) groups is 2. The SMILES string of the molecule is CCCNC(=O)c1cc(C2CCN(Cc3ccccc3)C2)ccc1NC(=O)c1csc(N2CC[C@H](OC)C2)n1. The van der Waals surface area contributed by atoms with Crippen molar-refractivity contribution >= 4 is 34.0 Å². The summed E-state index contributed by atoms with van der Waals surface area (Å²) in [5.74, 6) is -0.143. The number of amides is 2. The van der Waals surface area contributed by atoms with Gasteiger partial charge in [0.25, 0.3) is 11.8 Å². The van der Waals surface area contributed by atoms with Gasteiger partial charge in [0.1, 0.15) is 5.69 Å². The zero-order valence-corrected chi connectivity index (χ0v) is 23.5. The number of methoxy groups -OCH3 is 1. The Balaban J connectivity index is 1.29. The van der Waals surface area contributed by atoms with E-state index >= 15 is 0 Å². The summed E-state index contributed by atoms with van der Waals surface area (Å²) >= 11 is 1.45. The molecule has 2 amide bonds. The molecule has 2 aliphatic heterocycles. The molecule has 2 atom stereocenters. The molecule has 5 rings (SSSR count). The van der Waals surface area contributed by atoms with E-state index in [1.165, 1.54) is 16.9 Å². The molecule has 2 fully saturated rings. The number of carbonyl (C=O) groups excluding carboxylic acids is 2. The molecular formula is C30H37N5O3S. The number of aromatic nitrogens is 1. The number of nitrogens with one attached hydrogen (secondary N) is 2. The van der Waals surface area contributed by atoms with E-state index in [0.29, 0.717) is 29.4 Å². The van der Waals surface area contributed by atoms with Crippen LogP contribution in [-0.2, 0) is 11.3 Å². The number of hydrogen-bond donors (Lipinski definition) is 2. The van der Waals surface area contributed by atoms with Gasteiger partial charge in [-0.05, 0) is 55.0 Å². The summed E-state index contributed by atoms with van der Waals surface area (Å²) in [6.45, 7) is 7.13. The summed E-state index contributed by atoms with van der Waals surface area (Å²) in [7, 11) is 1.72. The average Bonchev–Trinajstić information content (AvgIpc) is 3.73. The lowest BCUT2D eigenvalue weighted by Gasteiger charge is -2.18. The second kappa shape index (κ2) is 12.7. The fourth-order valence-corrected chi connectivity index (χ4v) is 6.17. The fraction of sp³-hybridized carbons (Fsp3) is 0.433. The maximum Gasteiger partial charge on any atom is 0.275 e. The molecule has 2 aromatic carbocycles. The third kappa shape index (κ3) is 6.66. The molecule has 9 heteroatoms. The molecule has 0 spiro atoms. The van der Waals surface area contributed by atoms with E-state index in [-0.39, 0.29) is 17.9 Å². The van der Waals surface area contributed by atoms with E-state index in [4.69, 9.17) is 4.74 Å². The number of thiazole rings is 1. The van der Waals surface area contributed by atoms with Gasteiger partial charge in [-0.3, -0.25) is 14.5 Å². The fourth-order valence-electron chi connectivity index (χ4n) is 5.33. The quantitative estimate of drug-likeness (QED) is 0.381. The third-order valence-corrected chi connectivity index (χ3v) is 8.44. The summed E-state index contributed by atoms with van der Waals surface area (Å²) in [6.07, 6.45) is 3.02. The van der Waals surface area contributed by atoms with E-state index in [0.717, 1.165) is 62.7 Å². The lowest BCUT2D eigenvalue weighted by Crippen LogP contribution is -2.26. The van der Waals surface area contributed by atoms with Gasteiger partial charge in [0.2, 0.25) is 0 Å². The number of hydrogen-bond acceptors (Lipinski definition) is 7. The van der Waals surface area contributed by atoms with Crippen LogP contribution in [0, 0.1) is 0 Å². The van der Waals surface area contributed by atoms with Crippen LogP contribution in [0.2, 0.25) is 0 Å². The maximum atomic E-state index is 13.2. The lowest BCUT2D eigenvalue weighted by molar-refractivity contribution is 0.0954. The predicted octanol–water partition coefficient (Wildman–Crippen LogP) is 4.75. The Kier molecular flexibility index (Phi) is 8.91. The highest BCUT2D eigenvalue weighted by atomic mass is 32.1. The second-order valence-electron chi connectivity index (χ2n) is 10.3. The normalized spacial score (nSPS) is 19.4. The summed E-state index contributed by atoms with van der Waals surface area (Å²) in [4.78, 5) is 35.5. The van der Waals surface area contributed by atoms with Gasteiger partial charge < -0.3 is 20.3 Å². The molecule has 2 aliphatic rings. The van der Waals surface area contributed by atoms with Crippen molar-refractivity contribution < 1.29 is 14.3 Å². The molecule has 3 heterocycles. The maximum absolute atomic E-state index is 13.2. The van der Waals surface area contributed by atoms with Crippen LogP contribution in [0.25, 0.3) is 0 Å². The molecule has 2 N–H and O–H groups in total. The van der Waals surface area contributed by atoms with Crippen molar-refractivity contribution in [1.82, 2.24) is 15.2 Å². The number of benzene rings is 2. The van der Waals surface area contributed by atoms with Crippen LogP contribution in [0.4, 0.5) is 10.8 Å². The predicted molar refractivity (Wildman–Crippen MR) is 156 cm³/mol. The van der Waals surface area contributed by atoms with Crippen LogP contribution in [0.3, 0.4) is 0 Å². The lowest BCUT2D eigenvalue weighted by atomic mass is 9.95. The smallest absolute Gasteiger partial charge is 0.275 e. The van der Waals surface area contributed by atoms with Crippen LogP contribution in [0.1, 0.15) is 64.1 Å². The van der Waals surface area contributed by atoms with Crippen LogP contribution < -0.4 is 15.5 Å². The van der Waals surface area contributed by atoms with Gasteiger partial charge in [0.15, 0.2) is 5.13 Å². The average molecular weight is 548 g/mol. The summed E-state index contributed by atoms with van der Waals surface area (Å²) < 4.78 is 5.45. The third-order valence-electron chi connectivity index (χ3n) is 7.54. The zero-order chi connectivity index (χ0) is 27.2. The van der Waals surface area contributed by atoms with Gasteiger partial charge in [0, 0.05) is 45.2 Å². The molecule has 39 heavy (non-hydrogen) atoms. The monoisotopic (exact) mass is 547 g/mol. The number of likely N-dealkylation sites (tertiary alicyclic amines) is 1. The Morgan fingerprint density at radius 1 is 1.08 bits per heavy atom. The van der Waals surface area contributed by atoms with E-state index in [1.807, 2.05) is 31.2 Å². The Bertz CT molecular complexity index is 1280. The molecular weight excluding hydrogens is 510 g/mol. The van der Waals surface area contributed by atoms with Gasteiger partial charge in [-0.1, -0.05) is 43.3 Å². The zero-order valence-electron chi connectivity index (χ0n) is 22.7. The standard InChI is InChI=1S/C30H37N5O3S/c1-3-13-31-28(36)25-16-22(23-11-14-34(18-23)17-21-7-5-4-6-8-21)9-10-26(25)32-29(37)27-20-39-30(33-27)35-15-12-24(19-35)38-2/h4-10,16,20,23-24H,3,11-15,17-19H2,1-2H3,(H,31,36)(H,32,37)/t23?,24-/m0/s1. The van der Waals surface area contributed by atoms with Crippen molar-refractivity contribution in [2.45, 2.75) is 44.8 Å². The van der Waals surface area contributed by atoms with E-state index < -0.39 is 0 Å². The first-order valence-corrected chi connectivity index (χ1v) is 14.6. The Labute approximate surface area is 234 Å². The molecule has 1 aromatic heterocycles. The Hall–Kier alpha value is -3.27. The van der Waals surface area contributed by atoms with Crippen LogP contribution in [-0.4, -0.2) is 67.6 Å². The van der Waals surface area contributed by atoms with Crippen LogP contribution in [0.15, 0.2) is 53.9 Å². The molecule has 0 radical (unpaired) electrons. The van der Waals surface area contributed by atoms with Crippen molar-refractivity contribution in [2.24, 2.45) is 0 Å². The van der Waals surface area contributed by atoms with Crippen LogP contribution >= 0.6 is 11.3 Å². The first-order chi connectivity index (χ1) is 19.0. The largest absolute Gasteiger partial charge is 0.380 e. The number of nitrogens with zero attached hydrogens (tertiary/aromatic N) is 3. The van der Waals surface area contributed by atoms with E-state index in [1.54, 1.807) is 12.5 Å². The Morgan fingerprint density at radius 3 is 2.69 bits per heavy atom. The van der Waals surface area contributed by atoms with E-state index in [2.05, 4.69) is 49.7 Å². The first-order valence-electron chi connectivity index (χ1n) is 13.8. The minimum absolute atomic E-state index is 0.172. The van der Waals surface area contributed by atoms with Crippen LogP contribution in [0.5, 0.6) is 0 Å². The molecule has 0 saturated carbocycles. The minimum atomic E-state index is -0.313. The highest BCUT2D eigenvalue weighted by Gasteiger charge is 2.27. The van der Waals surface area contributed by atoms with Crippen molar-refractivity contribution in [3.8, 4) is 0 Å². The second-order valence-corrected chi connectivity index (χ2v) is 11.2. The molecule has 8 nitrogen and oxygen atoms in total. The van der Waals surface area contributed by atoms with Crippen molar-refractivity contribution in [3.05, 3.63) is 76.3 Å². The molecule has 0 aliphatic carbocycles. The van der Waals surface area contributed by atoms with E-state index in [9.17, 15) is 9.59 Å². The van der Waals surface area contributed by atoms with Gasteiger partial charge in [0.05, 0.1) is 17.4 Å². The van der Waals surface area contributed by atoms with Crippen molar-refractivity contribution in [2.75, 3.05) is 50.1 Å². The summed E-state index contributed by atoms with van der Waals surface area (Å²) in [5.41, 5.74) is 3.79. The topological polar surface area (TPSA) is 86.8 Å².